The molecule has 7 heteroatoms. The summed E-state index contributed by atoms with van der Waals surface area (Å²) in [7, 11) is 0. The van der Waals surface area contributed by atoms with Crippen LogP contribution in [0.25, 0.3) is 0 Å². The number of urea groups is 1. The quantitative estimate of drug-likeness (QED) is 0.799. The third kappa shape index (κ3) is 3.62. The predicted octanol–water partition coefficient (Wildman–Crippen LogP) is 4.57. The zero-order valence-corrected chi connectivity index (χ0v) is 13.9. The van der Waals surface area contributed by atoms with Gasteiger partial charge in [0.2, 0.25) is 0 Å². The molecule has 3 rings (SSSR count). The summed E-state index contributed by atoms with van der Waals surface area (Å²) in [6, 6.07) is 6.42. The first-order chi connectivity index (χ1) is 11.9. The number of para-hydroxylation sites is 1. The van der Waals surface area contributed by atoms with Crippen LogP contribution in [0, 0.1) is 11.6 Å². The fraction of sp³-hybridized carbons (Fsp3) is 0.176. The summed E-state index contributed by atoms with van der Waals surface area (Å²) in [6.45, 7) is 0. The lowest BCUT2D eigenvalue weighted by Gasteiger charge is -2.11. The molecule has 1 aliphatic rings. The number of rotatable bonds is 3. The largest absolute Gasteiger partial charge is 0.326 e. The summed E-state index contributed by atoms with van der Waals surface area (Å²) in [5, 5.41) is 4.42. The van der Waals surface area contributed by atoms with Gasteiger partial charge in [-0.3, -0.25) is 10.1 Å². The van der Waals surface area contributed by atoms with E-state index in [2.05, 4.69) is 21.2 Å². The molecule has 0 bridgehead atoms. The van der Waals surface area contributed by atoms with Crippen LogP contribution < -0.4 is 10.6 Å². The molecule has 124 valence electrons. The van der Waals surface area contributed by atoms with Crippen molar-refractivity contribution in [1.29, 1.82) is 0 Å². The molecule has 24 heavy (non-hydrogen) atoms. The van der Waals surface area contributed by atoms with E-state index in [9.17, 15) is 18.4 Å². The number of carbonyl (C=O) groups is 2. The van der Waals surface area contributed by atoms with Gasteiger partial charge in [0, 0.05) is 10.2 Å². The SMILES string of the molecule is [2H]c1c(Br)cc(F)c(C(=O)NC(=O)Nc2ccccc2C2CC2)c1F. The van der Waals surface area contributed by atoms with Crippen LogP contribution in [-0.4, -0.2) is 11.9 Å². The van der Waals surface area contributed by atoms with Crippen LogP contribution >= 0.6 is 15.9 Å². The lowest BCUT2D eigenvalue weighted by molar-refractivity contribution is 0.0959. The lowest BCUT2D eigenvalue weighted by atomic mass is 10.1. The summed E-state index contributed by atoms with van der Waals surface area (Å²) in [6.07, 6.45) is 2.06. The first-order valence-corrected chi connectivity index (χ1v) is 8.03. The van der Waals surface area contributed by atoms with Gasteiger partial charge >= 0.3 is 6.03 Å². The highest BCUT2D eigenvalue weighted by Crippen LogP contribution is 2.43. The number of anilines is 1. The summed E-state index contributed by atoms with van der Waals surface area (Å²) < 4.78 is 35.2. The van der Waals surface area contributed by atoms with E-state index in [1.54, 1.807) is 12.1 Å². The molecule has 0 heterocycles. The minimum atomic E-state index is -1.34. The van der Waals surface area contributed by atoms with Crippen molar-refractivity contribution in [2.45, 2.75) is 18.8 Å². The molecule has 0 radical (unpaired) electrons. The number of hydrogen-bond acceptors (Lipinski definition) is 2. The van der Waals surface area contributed by atoms with Gasteiger partial charge in [-0.25, -0.2) is 13.6 Å². The van der Waals surface area contributed by atoms with E-state index in [0.29, 0.717) is 11.6 Å². The fourth-order valence-corrected chi connectivity index (χ4v) is 2.76. The molecular weight excluding hydrogens is 382 g/mol. The Kier molecular flexibility index (Phi) is 4.25. The maximum Gasteiger partial charge on any atom is 0.326 e. The maximum atomic E-state index is 14.0. The molecule has 1 fully saturated rings. The molecule has 0 spiro atoms. The molecule has 4 nitrogen and oxygen atoms in total. The van der Waals surface area contributed by atoms with Crippen molar-refractivity contribution in [2.75, 3.05) is 5.32 Å². The molecule has 2 aromatic rings. The average Bonchev–Trinajstić information content (AvgIpc) is 3.38. The first-order valence-electron chi connectivity index (χ1n) is 7.74. The summed E-state index contributed by atoms with van der Waals surface area (Å²) >= 11 is 2.82. The molecule has 1 saturated carbocycles. The molecule has 0 aromatic heterocycles. The van der Waals surface area contributed by atoms with Gasteiger partial charge < -0.3 is 5.32 Å². The number of nitrogens with one attached hydrogen (secondary N) is 2. The molecule has 2 aromatic carbocycles. The number of hydrogen-bond donors (Lipinski definition) is 2. The van der Waals surface area contributed by atoms with Gasteiger partial charge in [0.05, 0.1) is 1.37 Å². The molecule has 0 saturated heterocycles. The van der Waals surface area contributed by atoms with Crippen molar-refractivity contribution in [3.05, 3.63) is 63.6 Å². The first kappa shape index (κ1) is 15.3. The van der Waals surface area contributed by atoms with E-state index in [-0.39, 0.29) is 4.47 Å². The molecule has 3 amide bonds. The Morgan fingerprint density at radius 2 is 1.92 bits per heavy atom. The van der Waals surface area contributed by atoms with Gasteiger partial charge in [0.25, 0.3) is 5.91 Å². The van der Waals surface area contributed by atoms with Crippen LogP contribution in [0.4, 0.5) is 19.3 Å². The van der Waals surface area contributed by atoms with E-state index >= 15 is 0 Å². The minimum absolute atomic E-state index is 0.123. The molecule has 0 atom stereocenters. The van der Waals surface area contributed by atoms with Crippen molar-refractivity contribution in [3.63, 3.8) is 0 Å². The van der Waals surface area contributed by atoms with Gasteiger partial charge in [-0.05, 0) is 42.5 Å². The third-order valence-corrected chi connectivity index (χ3v) is 4.05. The fourth-order valence-electron chi connectivity index (χ4n) is 2.38. The normalized spacial score (nSPS) is 14.0. The Hall–Kier alpha value is -2.28. The Balaban J connectivity index is 1.76. The van der Waals surface area contributed by atoms with Crippen molar-refractivity contribution >= 4 is 33.6 Å². The van der Waals surface area contributed by atoms with Gasteiger partial charge in [-0.2, -0.15) is 0 Å². The molecule has 1 aliphatic carbocycles. The second-order valence-electron chi connectivity index (χ2n) is 5.42. The summed E-state index contributed by atoms with van der Waals surface area (Å²) in [5.41, 5.74) is 0.534. The van der Waals surface area contributed by atoms with Gasteiger partial charge in [-0.15, -0.1) is 0 Å². The van der Waals surface area contributed by atoms with Crippen molar-refractivity contribution in [2.24, 2.45) is 0 Å². The van der Waals surface area contributed by atoms with Crippen LogP contribution in [0.3, 0.4) is 0 Å². The monoisotopic (exact) mass is 395 g/mol. The zero-order valence-electron chi connectivity index (χ0n) is 13.3. The van der Waals surface area contributed by atoms with E-state index in [0.717, 1.165) is 24.5 Å². The molecule has 2 N–H and O–H groups in total. The second-order valence-corrected chi connectivity index (χ2v) is 6.28. The Morgan fingerprint density at radius 1 is 1.21 bits per heavy atom. The van der Waals surface area contributed by atoms with Crippen LogP contribution in [0.5, 0.6) is 0 Å². The zero-order chi connectivity index (χ0) is 18.1. The number of benzene rings is 2. The van der Waals surface area contributed by atoms with Crippen molar-refractivity contribution in [3.8, 4) is 0 Å². The van der Waals surface area contributed by atoms with E-state index < -0.39 is 35.2 Å². The Labute approximate surface area is 146 Å². The van der Waals surface area contributed by atoms with Crippen LogP contribution in [0.2, 0.25) is 0 Å². The highest BCUT2D eigenvalue weighted by atomic mass is 79.9. The highest BCUT2D eigenvalue weighted by Gasteiger charge is 2.26. The molecule has 0 aliphatic heterocycles. The van der Waals surface area contributed by atoms with Gasteiger partial charge in [0.15, 0.2) is 0 Å². The average molecular weight is 396 g/mol. The third-order valence-electron chi connectivity index (χ3n) is 3.62. The van der Waals surface area contributed by atoms with E-state index in [1.165, 1.54) is 0 Å². The number of carbonyl (C=O) groups excluding carboxylic acids is 2. The highest BCUT2D eigenvalue weighted by molar-refractivity contribution is 9.10. The standard InChI is InChI=1S/C17H13BrF2N2O2/c18-10-7-12(19)15(13(20)8-10)16(23)22-17(24)21-14-4-2-1-3-11(14)9-5-6-9/h1-4,7-9H,5-6H2,(H2,21,22,23,24)/i7D. The lowest BCUT2D eigenvalue weighted by Crippen LogP contribution is -2.35. The van der Waals surface area contributed by atoms with E-state index in [4.69, 9.17) is 1.37 Å². The topological polar surface area (TPSA) is 58.2 Å². The Morgan fingerprint density at radius 3 is 2.62 bits per heavy atom. The molecule has 0 unspecified atom stereocenters. The summed E-state index contributed by atoms with van der Waals surface area (Å²) in [4.78, 5) is 24.1. The minimum Gasteiger partial charge on any atom is -0.307 e. The second kappa shape index (κ2) is 6.68. The van der Waals surface area contributed by atoms with Gasteiger partial charge in [0.1, 0.15) is 17.2 Å². The van der Waals surface area contributed by atoms with Crippen LogP contribution in [0.1, 0.15) is 36.1 Å². The molecular formula is C17H13BrF2N2O2. The van der Waals surface area contributed by atoms with Crippen LogP contribution in [-0.2, 0) is 0 Å². The van der Waals surface area contributed by atoms with Crippen LogP contribution in [0.15, 0.2) is 40.8 Å². The van der Waals surface area contributed by atoms with Crippen molar-refractivity contribution in [1.82, 2.24) is 5.32 Å². The number of amides is 3. The van der Waals surface area contributed by atoms with Crippen molar-refractivity contribution < 1.29 is 19.7 Å². The van der Waals surface area contributed by atoms with Gasteiger partial charge in [-0.1, -0.05) is 34.1 Å². The smallest absolute Gasteiger partial charge is 0.307 e. The predicted molar refractivity (Wildman–Crippen MR) is 89.0 cm³/mol. The number of halogens is 3. The number of imide groups is 1. The Bertz CT molecular complexity index is 872. The maximum absolute atomic E-state index is 14.0. The summed E-state index contributed by atoms with van der Waals surface area (Å²) in [5.74, 6) is -3.38. The van der Waals surface area contributed by atoms with E-state index in [1.807, 2.05) is 17.4 Å².